The lowest BCUT2D eigenvalue weighted by Gasteiger charge is -2.37. The number of nitrogens with one attached hydrogen (secondary N) is 1. The third-order valence-corrected chi connectivity index (χ3v) is 20.5. The van der Waals surface area contributed by atoms with Gasteiger partial charge < -0.3 is 29.3 Å². The number of phenolic OH excluding ortho intramolecular Hbond substituents is 1. The van der Waals surface area contributed by atoms with E-state index in [1.54, 1.807) is 17.0 Å². The second-order valence-electron chi connectivity index (χ2n) is 26.5. The lowest BCUT2D eigenvalue weighted by molar-refractivity contribution is -0.139. The summed E-state index contributed by atoms with van der Waals surface area (Å²) in [6.07, 6.45) is 5.21. The number of hydrogen-bond donors (Lipinski definition) is 3. The number of carbonyl (C=O) groups is 5. The Morgan fingerprint density at radius 3 is 1.74 bits per heavy atom. The molecule has 93 heavy (non-hydrogen) atoms. The van der Waals surface area contributed by atoms with Crippen molar-refractivity contribution in [1.29, 1.82) is 0 Å². The maximum Gasteiger partial charge on any atom is 0.317 e. The molecule has 16 nitrogen and oxygen atoms in total. The number of carboxylic acids is 1. The minimum Gasteiger partial charge on any atom is -0.508 e. The molecule has 482 valence electrons. The van der Waals surface area contributed by atoms with E-state index in [-0.39, 0.29) is 66.2 Å². The number of aliphatic carboxylic acids is 1. The number of hydrogen-bond acceptors (Lipinski definition) is 13. The predicted molar refractivity (Wildman–Crippen MR) is 356 cm³/mol. The number of Topliss-reactive ketones (excluding diaryl/α,β-unsaturated/α-hetero) is 1. The van der Waals surface area contributed by atoms with E-state index in [1.807, 2.05) is 23.1 Å². The second-order valence-corrected chi connectivity index (χ2v) is 26.5. The highest BCUT2D eigenvalue weighted by Gasteiger charge is 2.40. The van der Waals surface area contributed by atoms with E-state index >= 15 is 0 Å². The van der Waals surface area contributed by atoms with Gasteiger partial charge in [-0.1, -0.05) is 91.0 Å². The zero-order chi connectivity index (χ0) is 64.1. The number of rotatable bonds is 22. The van der Waals surface area contributed by atoms with Crippen molar-refractivity contribution < 1.29 is 48.4 Å². The molecule has 0 spiro atoms. The Labute approximate surface area is 545 Å². The van der Waals surface area contributed by atoms with Crippen molar-refractivity contribution >= 4 is 29.5 Å². The summed E-state index contributed by atoms with van der Waals surface area (Å²) in [6, 6.07) is 54.6. The molecule has 3 fully saturated rings. The molecule has 6 aliphatic rings. The number of carboxylic acid groups (broad SMARTS) is 1. The van der Waals surface area contributed by atoms with Crippen molar-refractivity contribution in [2.24, 2.45) is 0 Å². The van der Waals surface area contributed by atoms with Crippen LogP contribution >= 0.6 is 0 Å². The van der Waals surface area contributed by atoms with Crippen LogP contribution in [-0.4, -0.2) is 161 Å². The summed E-state index contributed by atoms with van der Waals surface area (Å²) in [4.78, 5) is 72.5. The van der Waals surface area contributed by atoms with Crippen LogP contribution in [0.15, 0.2) is 158 Å². The van der Waals surface area contributed by atoms with Gasteiger partial charge in [-0.2, -0.15) is 0 Å². The highest BCUT2D eigenvalue weighted by Crippen LogP contribution is 2.50. The first-order valence-corrected chi connectivity index (χ1v) is 33.4. The Morgan fingerprint density at radius 1 is 0.548 bits per heavy atom. The zero-order valence-corrected chi connectivity index (χ0v) is 53.3. The Hall–Kier alpha value is -8.67. The number of ketones is 1. The fourth-order valence-corrected chi connectivity index (χ4v) is 15.4. The minimum absolute atomic E-state index is 0.0471. The Morgan fingerprint density at radius 2 is 1.12 bits per heavy atom. The number of carbonyl (C=O) groups excluding carboxylic acids is 4. The maximum atomic E-state index is 13.3. The first-order chi connectivity index (χ1) is 45.2. The number of piperazine rings is 2. The number of ether oxygens (including phenoxy) is 3. The highest BCUT2D eigenvalue weighted by atomic mass is 16.5. The van der Waals surface area contributed by atoms with Gasteiger partial charge in [0.05, 0.1) is 13.1 Å². The summed E-state index contributed by atoms with van der Waals surface area (Å²) in [7, 11) is 0. The smallest absolute Gasteiger partial charge is 0.317 e. The third kappa shape index (κ3) is 14.6. The maximum absolute atomic E-state index is 13.3. The molecule has 3 saturated heterocycles. The third-order valence-electron chi connectivity index (χ3n) is 20.5. The Bertz CT molecular complexity index is 3840. The van der Waals surface area contributed by atoms with Crippen LogP contribution in [0.5, 0.6) is 28.7 Å². The quantitative estimate of drug-likeness (QED) is 0.0545. The lowest BCUT2D eigenvalue weighted by atomic mass is 9.69. The summed E-state index contributed by atoms with van der Waals surface area (Å²) >= 11 is 0. The molecule has 2 aliphatic carbocycles. The van der Waals surface area contributed by atoms with Crippen molar-refractivity contribution in [1.82, 2.24) is 29.8 Å². The van der Waals surface area contributed by atoms with Crippen molar-refractivity contribution in [3.63, 3.8) is 0 Å². The zero-order valence-electron chi connectivity index (χ0n) is 53.3. The monoisotopic (exact) mass is 1250 g/mol. The SMILES string of the molecule is C[C@H](COc1ccc([C@@H]2c3ccc(O)cc3CC[C@@H]2c2cccc(Oc3ccc4c(c3)CC[C@H](c3ccccc3)[C@@H]4c3ccc(OC[C@@H](C)N4CCN(CC(=O)CCc5ccc6c(c5)CN(C5CCC(=O)NC5=O)C6=O)CC4)cc3)c2)cc1)N1CCN(CC(=O)O)CC1. The van der Waals surface area contributed by atoms with Crippen LogP contribution in [0.3, 0.4) is 0 Å². The van der Waals surface area contributed by atoms with Gasteiger partial charge in [0.2, 0.25) is 11.8 Å². The normalized spacial score (nSPS) is 21.8. The average Bonchev–Trinajstić information content (AvgIpc) is 1.43. The summed E-state index contributed by atoms with van der Waals surface area (Å²) in [5.74, 6) is 2.65. The fourth-order valence-electron chi connectivity index (χ4n) is 15.4. The molecule has 0 saturated carbocycles. The molecular weight excluding hydrogens is 1170 g/mol. The predicted octanol–water partition coefficient (Wildman–Crippen LogP) is 10.7. The van der Waals surface area contributed by atoms with Gasteiger partial charge in [-0.25, -0.2) is 0 Å². The molecule has 7 aromatic rings. The van der Waals surface area contributed by atoms with Gasteiger partial charge in [0.1, 0.15) is 53.8 Å². The number of piperidine rings is 1. The second kappa shape index (κ2) is 28.3. The molecule has 1 unspecified atom stereocenters. The summed E-state index contributed by atoms with van der Waals surface area (Å²) < 4.78 is 19.7. The van der Waals surface area contributed by atoms with Gasteiger partial charge in [-0.05, 0) is 187 Å². The van der Waals surface area contributed by atoms with Crippen molar-refractivity contribution in [3.05, 3.63) is 219 Å². The number of phenols is 1. The van der Waals surface area contributed by atoms with Crippen molar-refractivity contribution in [2.75, 3.05) is 78.7 Å². The van der Waals surface area contributed by atoms with Crippen LogP contribution in [0.25, 0.3) is 0 Å². The average molecular weight is 1250 g/mol. The first kappa shape index (κ1) is 63.1. The molecule has 16 heteroatoms. The van der Waals surface area contributed by atoms with E-state index < -0.39 is 17.9 Å². The van der Waals surface area contributed by atoms with Gasteiger partial charge in [0.25, 0.3) is 5.91 Å². The van der Waals surface area contributed by atoms with Gasteiger partial charge in [0, 0.05) is 101 Å². The molecular formula is C77H84N6O10. The van der Waals surface area contributed by atoms with Crippen molar-refractivity contribution in [2.45, 2.75) is 114 Å². The molecule has 4 aliphatic heterocycles. The largest absolute Gasteiger partial charge is 0.508 e. The van der Waals surface area contributed by atoms with Crippen LogP contribution in [0.2, 0.25) is 0 Å². The molecule has 4 heterocycles. The summed E-state index contributed by atoms with van der Waals surface area (Å²) in [6.45, 7) is 12.6. The summed E-state index contributed by atoms with van der Waals surface area (Å²) in [5, 5.41) is 22.2. The first-order valence-electron chi connectivity index (χ1n) is 33.4. The number of nitrogens with zero attached hydrogens (tertiary/aromatic N) is 5. The number of imide groups is 1. The molecule has 0 radical (unpaired) electrons. The van der Waals surface area contributed by atoms with E-state index in [0.717, 1.165) is 112 Å². The lowest BCUT2D eigenvalue weighted by Crippen LogP contribution is -2.52. The number of benzene rings is 7. The number of aromatic hydroxyl groups is 1. The Balaban J connectivity index is 0.615. The van der Waals surface area contributed by atoms with Crippen LogP contribution in [0.1, 0.15) is 136 Å². The molecule has 3 N–H and O–H groups in total. The molecule has 7 atom stereocenters. The van der Waals surface area contributed by atoms with E-state index in [0.29, 0.717) is 57.0 Å². The molecule has 3 amide bonds. The van der Waals surface area contributed by atoms with Gasteiger partial charge in [-0.3, -0.25) is 48.9 Å². The van der Waals surface area contributed by atoms with Crippen LogP contribution in [0, 0.1) is 0 Å². The molecule has 7 aromatic carbocycles. The topological polar surface area (TPSA) is 182 Å². The number of amides is 3. The van der Waals surface area contributed by atoms with E-state index in [9.17, 15) is 34.2 Å². The van der Waals surface area contributed by atoms with Crippen LogP contribution < -0.4 is 19.5 Å². The van der Waals surface area contributed by atoms with Gasteiger partial charge in [0.15, 0.2) is 0 Å². The van der Waals surface area contributed by atoms with Crippen molar-refractivity contribution in [3.8, 4) is 28.7 Å². The van der Waals surface area contributed by atoms with E-state index in [1.165, 1.54) is 44.5 Å². The standard InChI is InChI=1S/C77H84N6O10/c1-50(81-37-33-79(34-38-81)46-61(85)19-11-52-12-26-70-59(41-52)45-83(77(70)90)71-31-32-72(86)78-76(71)89)48-91-62-21-13-54(14-22-62)74-66(53-7-4-3-5-8-53)27-18-58-44-65(25-30-69(58)74)93-64-10-6-9-56(43-64)67-28-17-57-42-60(84)20-29-68(57)75(67)55-15-23-63(24-16-55)92-49-51(2)82-39-35-80(36-40-82)47-73(87)88/h3-10,12-16,20-26,29-30,41-44,50-51,66-67,71,74-75,84H,11,17-19,27-28,31-40,45-49H2,1-2H3,(H,87,88)(H,78,86,89)/t50-,51-,66-,67-,71?,74+,75+/m1/s1. The van der Waals surface area contributed by atoms with E-state index in [2.05, 4.69) is 161 Å². The number of fused-ring (bicyclic) bond motifs is 3. The Kier molecular flexibility index (Phi) is 19.2. The number of aryl methyl sites for hydroxylation is 3. The van der Waals surface area contributed by atoms with Crippen LogP contribution in [-0.2, 0) is 45.0 Å². The van der Waals surface area contributed by atoms with Gasteiger partial charge >= 0.3 is 5.97 Å². The fraction of sp³-hybridized carbons (Fsp3) is 0.390. The molecule has 0 aromatic heterocycles. The molecule has 0 bridgehead atoms. The van der Waals surface area contributed by atoms with Gasteiger partial charge in [-0.15, -0.1) is 0 Å². The minimum atomic E-state index is -0.787. The summed E-state index contributed by atoms with van der Waals surface area (Å²) in [5.41, 5.74) is 12.4. The van der Waals surface area contributed by atoms with E-state index in [4.69, 9.17) is 14.2 Å². The highest BCUT2D eigenvalue weighted by molar-refractivity contribution is 6.05. The molecule has 13 rings (SSSR count). The van der Waals surface area contributed by atoms with Crippen LogP contribution in [0.4, 0.5) is 0 Å².